The zero-order valence-electron chi connectivity index (χ0n) is 8.76. The van der Waals surface area contributed by atoms with Gasteiger partial charge in [0.05, 0.1) is 5.69 Å². The van der Waals surface area contributed by atoms with Crippen LogP contribution >= 0.6 is 11.3 Å². The molecule has 0 unspecified atom stereocenters. The minimum Gasteiger partial charge on any atom is -0.316 e. The summed E-state index contributed by atoms with van der Waals surface area (Å²) in [6.07, 6.45) is 4.63. The third kappa shape index (κ3) is 2.22. The lowest BCUT2D eigenvalue weighted by atomic mass is 10.1. The van der Waals surface area contributed by atoms with Crippen LogP contribution in [0, 0.1) is 13.8 Å². The van der Waals surface area contributed by atoms with E-state index < -0.39 is 0 Å². The maximum Gasteiger partial charge on any atom is 0.116 e. The molecule has 0 radical (unpaired) electrons. The standard InChI is InChI=1S/C11H16N2S/c1-8-9(2)14-11(13-8)7-10-3-5-12-6-4-10/h7,12H,3-6H2,1-2H3. The van der Waals surface area contributed by atoms with Gasteiger partial charge in [0, 0.05) is 4.88 Å². The quantitative estimate of drug-likeness (QED) is 0.767. The molecule has 1 aromatic rings. The Morgan fingerprint density at radius 3 is 2.57 bits per heavy atom. The molecule has 0 amide bonds. The zero-order valence-corrected chi connectivity index (χ0v) is 9.58. The van der Waals surface area contributed by atoms with Crippen molar-refractivity contribution in [3.05, 3.63) is 21.2 Å². The van der Waals surface area contributed by atoms with E-state index in [0.29, 0.717) is 0 Å². The van der Waals surface area contributed by atoms with Gasteiger partial charge in [0.2, 0.25) is 0 Å². The van der Waals surface area contributed by atoms with Crippen molar-refractivity contribution in [2.75, 3.05) is 13.1 Å². The summed E-state index contributed by atoms with van der Waals surface area (Å²) >= 11 is 1.80. The van der Waals surface area contributed by atoms with Crippen LogP contribution in [0.25, 0.3) is 6.08 Å². The highest BCUT2D eigenvalue weighted by Gasteiger charge is 2.06. The van der Waals surface area contributed by atoms with Crippen molar-refractivity contribution in [3.63, 3.8) is 0 Å². The third-order valence-corrected chi connectivity index (χ3v) is 3.64. The predicted octanol–water partition coefficient (Wildman–Crippen LogP) is 2.53. The summed E-state index contributed by atoms with van der Waals surface area (Å²) in [4.78, 5) is 5.86. The predicted molar refractivity (Wildman–Crippen MR) is 61.7 cm³/mol. The molecule has 0 bridgehead atoms. The molecule has 2 nitrogen and oxygen atoms in total. The molecule has 1 N–H and O–H groups in total. The van der Waals surface area contributed by atoms with Gasteiger partial charge in [-0.15, -0.1) is 11.3 Å². The van der Waals surface area contributed by atoms with Crippen molar-refractivity contribution in [3.8, 4) is 0 Å². The van der Waals surface area contributed by atoms with Crippen LogP contribution < -0.4 is 5.32 Å². The normalized spacial score (nSPS) is 17.1. The van der Waals surface area contributed by atoms with Crippen LogP contribution in [0.15, 0.2) is 5.57 Å². The maximum atomic E-state index is 4.53. The number of nitrogens with zero attached hydrogens (tertiary/aromatic N) is 1. The summed E-state index contributed by atoms with van der Waals surface area (Å²) in [5, 5.41) is 4.54. The van der Waals surface area contributed by atoms with E-state index >= 15 is 0 Å². The number of nitrogens with one attached hydrogen (secondary N) is 1. The molecular formula is C11H16N2S. The van der Waals surface area contributed by atoms with Crippen molar-refractivity contribution in [1.29, 1.82) is 0 Å². The van der Waals surface area contributed by atoms with Gasteiger partial charge in [0.25, 0.3) is 0 Å². The molecular weight excluding hydrogens is 192 g/mol. The Hall–Kier alpha value is -0.670. The second-order valence-corrected chi connectivity index (χ2v) is 4.98. The van der Waals surface area contributed by atoms with Crippen molar-refractivity contribution < 1.29 is 0 Å². The van der Waals surface area contributed by atoms with Crippen LogP contribution in [-0.4, -0.2) is 18.1 Å². The molecule has 1 fully saturated rings. The van der Waals surface area contributed by atoms with Crippen molar-refractivity contribution in [1.82, 2.24) is 10.3 Å². The zero-order chi connectivity index (χ0) is 9.97. The molecule has 0 saturated carbocycles. The number of thiazole rings is 1. The fraction of sp³-hybridized carbons (Fsp3) is 0.545. The van der Waals surface area contributed by atoms with E-state index in [0.717, 1.165) is 13.1 Å². The molecule has 1 aliphatic heterocycles. The fourth-order valence-electron chi connectivity index (χ4n) is 1.63. The van der Waals surface area contributed by atoms with Gasteiger partial charge < -0.3 is 5.32 Å². The lowest BCUT2D eigenvalue weighted by molar-refractivity contribution is 0.613. The monoisotopic (exact) mass is 208 g/mol. The smallest absolute Gasteiger partial charge is 0.116 e. The summed E-state index contributed by atoms with van der Waals surface area (Å²) in [6, 6.07) is 0. The van der Waals surface area contributed by atoms with E-state index in [-0.39, 0.29) is 0 Å². The average Bonchev–Trinajstić information content (AvgIpc) is 2.47. The minimum absolute atomic E-state index is 1.12. The number of piperidine rings is 1. The lowest BCUT2D eigenvalue weighted by Crippen LogP contribution is -2.22. The lowest BCUT2D eigenvalue weighted by Gasteiger charge is -2.14. The summed E-state index contributed by atoms with van der Waals surface area (Å²) in [7, 11) is 0. The molecule has 0 aliphatic carbocycles. The fourth-order valence-corrected chi connectivity index (χ4v) is 2.54. The summed E-state index contributed by atoms with van der Waals surface area (Å²) in [5.74, 6) is 0. The van der Waals surface area contributed by atoms with Gasteiger partial charge in [0.1, 0.15) is 5.01 Å². The van der Waals surface area contributed by atoms with E-state index in [1.165, 1.54) is 34.0 Å². The van der Waals surface area contributed by atoms with Crippen LogP contribution in [0.5, 0.6) is 0 Å². The van der Waals surface area contributed by atoms with E-state index in [1.54, 1.807) is 11.3 Å². The molecule has 14 heavy (non-hydrogen) atoms. The molecule has 2 heterocycles. The van der Waals surface area contributed by atoms with E-state index in [9.17, 15) is 0 Å². The Bertz CT molecular complexity index is 325. The number of rotatable bonds is 1. The summed E-state index contributed by atoms with van der Waals surface area (Å²) in [6.45, 7) is 6.46. The Kier molecular flexibility index (Phi) is 2.99. The van der Waals surface area contributed by atoms with Crippen LogP contribution in [-0.2, 0) is 0 Å². The Morgan fingerprint density at radius 1 is 1.29 bits per heavy atom. The van der Waals surface area contributed by atoms with Gasteiger partial charge in [-0.1, -0.05) is 5.57 Å². The van der Waals surface area contributed by atoms with Gasteiger partial charge in [0.15, 0.2) is 0 Å². The highest BCUT2D eigenvalue weighted by molar-refractivity contribution is 7.12. The first kappa shape index (κ1) is 9.87. The van der Waals surface area contributed by atoms with Gasteiger partial charge in [-0.25, -0.2) is 4.98 Å². The molecule has 2 rings (SSSR count). The molecule has 1 saturated heterocycles. The molecule has 76 valence electrons. The van der Waals surface area contributed by atoms with E-state index in [1.807, 2.05) is 0 Å². The molecule has 0 aromatic carbocycles. The van der Waals surface area contributed by atoms with Crippen molar-refractivity contribution >= 4 is 17.4 Å². The first-order valence-electron chi connectivity index (χ1n) is 5.10. The molecule has 1 aliphatic rings. The highest BCUT2D eigenvalue weighted by Crippen LogP contribution is 2.21. The van der Waals surface area contributed by atoms with Crippen molar-refractivity contribution in [2.24, 2.45) is 0 Å². The van der Waals surface area contributed by atoms with Gasteiger partial charge >= 0.3 is 0 Å². The van der Waals surface area contributed by atoms with E-state index in [4.69, 9.17) is 0 Å². The molecule has 3 heteroatoms. The highest BCUT2D eigenvalue weighted by atomic mass is 32.1. The third-order valence-electron chi connectivity index (χ3n) is 2.62. The Labute approximate surface area is 89.1 Å². The number of hydrogen-bond acceptors (Lipinski definition) is 3. The number of hydrogen-bond donors (Lipinski definition) is 1. The van der Waals surface area contributed by atoms with Gasteiger partial charge in [-0.2, -0.15) is 0 Å². The largest absolute Gasteiger partial charge is 0.316 e. The van der Waals surface area contributed by atoms with Crippen LogP contribution in [0.2, 0.25) is 0 Å². The second-order valence-electron chi connectivity index (χ2n) is 3.75. The van der Waals surface area contributed by atoms with E-state index in [2.05, 4.69) is 30.2 Å². The van der Waals surface area contributed by atoms with Gasteiger partial charge in [-0.3, -0.25) is 0 Å². The minimum atomic E-state index is 1.12. The second kappa shape index (κ2) is 4.24. The van der Waals surface area contributed by atoms with Crippen molar-refractivity contribution in [2.45, 2.75) is 26.7 Å². The summed E-state index contributed by atoms with van der Waals surface area (Å²) < 4.78 is 0. The topological polar surface area (TPSA) is 24.9 Å². The first-order valence-corrected chi connectivity index (χ1v) is 5.91. The summed E-state index contributed by atoms with van der Waals surface area (Å²) in [5.41, 5.74) is 2.72. The molecule has 1 aromatic heterocycles. The number of aromatic nitrogens is 1. The van der Waals surface area contributed by atoms with Crippen LogP contribution in [0.3, 0.4) is 0 Å². The van der Waals surface area contributed by atoms with Crippen LogP contribution in [0.4, 0.5) is 0 Å². The Morgan fingerprint density at radius 2 is 2.00 bits per heavy atom. The number of aryl methyl sites for hydroxylation is 2. The average molecular weight is 208 g/mol. The SMILES string of the molecule is Cc1nc(C=C2CCNCC2)sc1C. The first-order chi connectivity index (χ1) is 6.75. The molecule has 0 spiro atoms. The van der Waals surface area contributed by atoms with Gasteiger partial charge in [-0.05, 0) is 45.9 Å². The molecule has 0 atom stereocenters. The maximum absolute atomic E-state index is 4.53. The van der Waals surface area contributed by atoms with Crippen LogP contribution in [0.1, 0.15) is 28.4 Å². The Balaban J connectivity index is 2.15.